The van der Waals surface area contributed by atoms with Crippen LogP contribution in [0.1, 0.15) is 39.7 Å². The van der Waals surface area contributed by atoms with Gasteiger partial charge >= 0.3 is 0 Å². The molecule has 2 amide bonds. The van der Waals surface area contributed by atoms with E-state index in [2.05, 4.69) is 0 Å². The molecule has 0 N–H and O–H groups in total. The number of hydrogen-bond acceptors (Lipinski definition) is 5. The van der Waals surface area contributed by atoms with Gasteiger partial charge in [0.05, 0.1) is 17.7 Å². The number of thiophene rings is 1. The van der Waals surface area contributed by atoms with E-state index in [9.17, 15) is 18.4 Å². The van der Waals surface area contributed by atoms with E-state index in [1.165, 1.54) is 40.1 Å². The van der Waals surface area contributed by atoms with E-state index >= 15 is 0 Å². The lowest BCUT2D eigenvalue weighted by Crippen LogP contribution is -2.49. The van der Waals surface area contributed by atoms with Crippen LogP contribution in [0.15, 0.2) is 60.0 Å². The molecule has 194 valence electrons. The zero-order valence-corrected chi connectivity index (χ0v) is 21.1. The Morgan fingerprint density at radius 2 is 1.92 bits per heavy atom. The normalized spacial score (nSPS) is 18.9. The van der Waals surface area contributed by atoms with E-state index < -0.39 is 11.7 Å². The second kappa shape index (κ2) is 11.4. The Balaban J connectivity index is 1.36. The van der Waals surface area contributed by atoms with Crippen LogP contribution in [-0.2, 0) is 16.0 Å². The zero-order chi connectivity index (χ0) is 25.8. The van der Waals surface area contributed by atoms with Crippen molar-refractivity contribution < 1.29 is 27.8 Å². The van der Waals surface area contributed by atoms with Crippen LogP contribution in [0.3, 0.4) is 0 Å². The Kier molecular flexibility index (Phi) is 7.81. The molecule has 6 nitrogen and oxygen atoms in total. The predicted octanol–water partition coefficient (Wildman–Crippen LogP) is 4.85. The number of benzene rings is 2. The summed E-state index contributed by atoms with van der Waals surface area (Å²) in [5.74, 6) is -1.25. The third kappa shape index (κ3) is 5.83. The number of amides is 2. The molecule has 0 bridgehead atoms. The highest BCUT2D eigenvalue weighted by molar-refractivity contribution is 7.10. The third-order valence-corrected chi connectivity index (χ3v) is 7.80. The van der Waals surface area contributed by atoms with Gasteiger partial charge in [-0.1, -0.05) is 12.1 Å². The maximum Gasteiger partial charge on any atom is 0.257 e. The molecule has 1 fully saturated rings. The molecule has 2 aromatic carbocycles. The van der Waals surface area contributed by atoms with Gasteiger partial charge < -0.3 is 19.3 Å². The van der Waals surface area contributed by atoms with Crippen molar-refractivity contribution in [1.29, 1.82) is 0 Å². The summed E-state index contributed by atoms with van der Waals surface area (Å²) in [6, 6.07) is 13.2. The molecule has 1 saturated heterocycles. The van der Waals surface area contributed by atoms with Crippen molar-refractivity contribution in [2.24, 2.45) is 0 Å². The van der Waals surface area contributed by atoms with Crippen molar-refractivity contribution in [1.82, 2.24) is 9.80 Å². The fourth-order valence-electron chi connectivity index (χ4n) is 4.89. The smallest absolute Gasteiger partial charge is 0.257 e. The van der Waals surface area contributed by atoms with E-state index in [4.69, 9.17) is 9.47 Å². The average Bonchev–Trinajstić information content (AvgIpc) is 3.60. The molecule has 0 radical (unpaired) electrons. The quantitative estimate of drug-likeness (QED) is 0.421. The van der Waals surface area contributed by atoms with Gasteiger partial charge in [-0.3, -0.25) is 9.59 Å². The van der Waals surface area contributed by atoms with Gasteiger partial charge in [0.2, 0.25) is 5.91 Å². The molecule has 3 aromatic rings. The predicted molar refractivity (Wildman–Crippen MR) is 136 cm³/mol. The van der Waals surface area contributed by atoms with Crippen LogP contribution in [0.2, 0.25) is 0 Å². The topological polar surface area (TPSA) is 59.1 Å². The maximum absolute atomic E-state index is 14.5. The van der Waals surface area contributed by atoms with Crippen LogP contribution in [0.25, 0.3) is 0 Å². The van der Waals surface area contributed by atoms with Gasteiger partial charge in [0.15, 0.2) is 0 Å². The first-order valence-corrected chi connectivity index (χ1v) is 13.3. The Hall–Kier alpha value is -3.30. The van der Waals surface area contributed by atoms with Gasteiger partial charge in [0.25, 0.3) is 5.91 Å². The van der Waals surface area contributed by atoms with E-state index in [1.807, 2.05) is 11.4 Å². The highest BCUT2D eigenvalue weighted by Crippen LogP contribution is 2.34. The van der Waals surface area contributed by atoms with Crippen molar-refractivity contribution in [2.45, 2.75) is 31.4 Å². The molecular weight excluding hydrogens is 498 g/mol. The molecule has 0 aliphatic carbocycles. The molecule has 0 unspecified atom stereocenters. The average molecular weight is 527 g/mol. The first-order valence-electron chi connectivity index (χ1n) is 12.4. The molecular formula is C28H28F2N2O4S. The Morgan fingerprint density at radius 3 is 2.68 bits per heavy atom. The summed E-state index contributed by atoms with van der Waals surface area (Å²) in [6.45, 7) is 1.29. The van der Waals surface area contributed by atoms with Crippen molar-refractivity contribution in [3.8, 4) is 5.75 Å². The molecule has 5 rings (SSSR count). The second-order valence-electron chi connectivity index (χ2n) is 9.22. The van der Waals surface area contributed by atoms with Crippen LogP contribution in [0.5, 0.6) is 5.75 Å². The molecule has 1 aromatic heterocycles. The maximum atomic E-state index is 14.5. The monoisotopic (exact) mass is 526 g/mol. The molecule has 37 heavy (non-hydrogen) atoms. The number of nitrogens with zero attached hydrogens (tertiary/aromatic N) is 2. The summed E-state index contributed by atoms with van der Waals surface area (Å²) in [5, 5.41) is 2.00. The molecule has 2 aliphatic heterocycles. The standard InChI is InChI=1S/C28H28F2N2O4S/c29-19-7-9-20(10-8-19)36-18-25-23-12-15-37-26(23)11-13-32(25)27(33)17-31(16-21-4-3-14-35-21)28(34)22-5-1-2-6-24(22)30/h1-2,5-10,12,15,21,25H,3-4,11,13-14,16-18H2/t21-,25+/m0/s1. The summed E-state index contributed by atoms with van der Waals surface area (Å²) in [4.78, 5) is 31.4. The minimum atomic E-state index is -0.622. The number of fused-ring (bicyclic) bond motifs is 1. The number of carbonyl (C=O) groups excluding carboxylic acids is 2. The van der Waals surface area contributed by atoms with Crippen LogP contribution in [-0.4, -0.2) is 60.6 Å². The van der Waals surface area contributed by atoms with Crippen LogP contribution < -0.4 is 4.74 Å². The Labute approximate surface area is 218 Å². The minimum absolute atomic E-state index is 0.0664. The van der Waals surface area contributed by atoms with Gasteiger partial charge in [-0.15, -0.1) is 11.3 Å². The van der Waals surface area contributed by atoms with Crippen molar-refractivity contribution in [2.75, 3.05) is 32.8 Å². The first kappa shape index (κ1) is 25.4. The molecule has 9 heteroatoms. The van der Waals surface area contributed by atoms with E-state index in [0.717, 1.165) is 18.4 Å². The highest BCUT2D eigenvalue weighted by atomic mass is 32.1. The largest absolute Gasteiger partial charge is 0.491 e. The zero-order valence-electron chi connectivity index (χ0n) is 20.3. The van der Waals surface area contributed by atoms with E-state index in [-0.39, 0.29) is 49.1 Å². The van der Waals surface area contributed by atoms with Crippen molar-refractivity contribution in [3.05, 3.63) is 87.6 Å². The molecule has 3 heterocycles. The highest BCUT2D eigenvalue weighted by Gasteiger charge is 2.35. The van der Waals surface area contributed by atoms with Crippen molar-refractivity contribution in [3.63, 3.8) is 0 Å². The Bertz CT molecular complexity index is 1240. The van der Waals surface area contributed by atoms with Crippen LogP contribution >= 0.6 is 11.3 Å². The fraction of sp³-hybridized carbons (Fsp3) is 0.357. The van der Waals surface area contributed by atoms with Gasteiger partial charge in [-0.05, 0) is 72.7 Å². The van der Waals surface area contributed by atoms with Gasteiger partial charge in [-0.2, -0.15) is 0 Å². The van der Waals surface area contributed by atoms with Gasteiger partial charge in [-0.25, -0.2) is 8.78 Å². The summed E-state index contributed by atoms with van der Waals surface area (Å²) in [6.07, 6.45) is 2.19. The van der Waals surface area contributed by atoms with E-state index in [1.54, 1.807) is 34.4 Å². The summed E-state index contributed by atoms with van der Waals surface area (Å²) < 4.78 is 39.5. The summed E-state index contributed by atoms with van der Waals surface area (Å²) in [5.41, 5.74) is 0.945. The van der Waals surface area contributed by atoms with Gasteiger partial charge in [0, 0.05) is 24.6 Å². The van der Waals surface area contributed by atoms with Crippen LogP contribution in [0, 0.1) is 11.6 Å². The van der Waals surface area contributed by atoms with Crippen LogP contribution in [0.4, 0.5) is 8.78 Å². The number of ether oxygens (including phenoxy) is 2. The Morgan fingerprint density at radius 1 is 1.11 bits per heavy atom. The van der Waals surface area contributed by atoms with Gasteiger partial charge in [0.1, 0.15) is 30.5 Å². The minimum Gasteiger partial charge on any atom is -0.491 e. The molecule has 2 atom stereocenters. The molecule has 2 aliphatic rings. The van der Waals surface area contributed by atoms with Crippen molar-refractivity contribution >= 4 is 23.2 Å². The second-order valence-corrected chi connectivity index (χ2v) is 10.2. The lowest BCUT2D eigenvalue weighted by Gasteiger charge is -2.37. The lowest BCUT2D eigenvalue weighted by molar-refractivity contribution is -0.135. The van der Waals surface area contributed by atoms with E-state index in [0.29, 0.717) is 25.3 Å². The number of rotatable bonds is 8. The lowest BCUT2D eigenvalue weighted by atomic mass is 10.00. The fourth-order valence-corrected chi connectivity index (χ4v) is 5.82. The first-order chi connectivity index (χ1) is 18.0. The summed E-state index contributed by atoms with van der Waals surface area (Å²) in [7, 11) is 0. The molecule has 0 spiro atoms. The SMILES string of the molecule is O=C(c1ccccc1F)N(CC(=O)N1CCc2sccc2[C@H]1COc1ccc(F)cc1)C[C@@H]1CCCO1. The number of halogens is 2. The molecule has 0 saturated carbocycles. The third-order valence-electron chi connectivity index (χ3n) is 6.80. The number of carbonyl (C=O) groups is 2. The summed E-state index contributed by atoms with van der Waals surface area (Å²) >= 11 is 1.64. The number of hydrogen-bond donors (Lipinski definition) is 0.